The standard InChI is InChI=1S/C12H14BrN3S/c1-3-11(9-4-6-10(13)7-5-9)14-12-16-15-8(2)17-12/h4-7,11H,3H2,1-2H3,(H,14,16). The Kier molecular flexibility index (Phi) is 4.12. The van der Waals surface area contributed by atoms with Crippen molar-refractivity contribution in [3.63, 3.8) is 0 Å². The van der Waals surface area contributed by atoms with Crippen LogP contribution in [-0.2, 0) is 0 Å². The van der Waals surface area contributed by atoms with E-state index in [4.69, 9.17) is 0 Å². The quantitative estimate of drug-likeness (QED) is 0.920. The molecule has 17 heavy (non-hydrogen) atoms. The molecule has 0 radical (unpaired) electrons. The Labute approximate surface area is 113 Å². The predicted octanol–water partition coefficient (Wildman–Crippen LogP) is 4.17. The van der Waals surface area contributed by atoms with Crippen LogP contribution in [0.25, 0.3) is 0 Å². The number of halogens is 1. The van der Waals surface area contributed by atoms with Crippen molar-refractivity contribution < 1.29 is 0 Å². The zero-order valence-corrected chi connectivity index (χ0v) is 12.2. The predicted molar refractivity (Wildman–Crippen MR) is 75.4 cm³/mol. The minimum Gasteiger partial charge on any atom is -0.353 e. The summed E-state index contributed by atoms with van der Waals surface area (Å²) in [6.07, 6.45) is 1.01. The summed E-state index contributed by atoms with van der Waals surface area (Å²) in [4.78, 5) is 0. The average Bonchev–Trinajstić information content (AvgIpc) is 2.73. The van der Waals surface area contributed by atoms with E-state index >= 15 is 0 Å². The van der Waals surface area contributed by atoms with Crippen molar-refractivity contribution >= 4 is 32.4 Å². The molecule has 3 nitrogen and oxygen atoms in total. The van der Waals surface area contributed by atoms with E-state index < -0.39 is 0 Å². The molecular weight excluding hydrogens is 298 g/mol. The van der Waals surface area contributed by atoms with Gasteiger partial charge in [-0.1, -0.05) is 46.3 Å². The van der Waals surface area contributed by atoms with Crippen LogP contribution in [0.2, 0.25) is 0 Å². The molecule has 0 amide bonds. The lowest BCUT2D eigenvalue weighted by atomic mass is 10.1. The SMILES string of the molecule is CCC(Nc1nnc(C)s1)c1ccc(Br)cc1. The normalized spacial score (nSPS) is 12.4. The molecule has 5 heteroatoms. The van der Waals surface area contributed by atoms with Gasteiger partial charge in [0.25, 0.3) is 0 Å². The lowest BCUT2D eigenvalue weighted by molar-refractivity contribution is 0.745. The van der Waals surface area contributed by atoms with Crippen molar-refractivity contribution in [1.29, 1.82) is 0 Å². The van der Waals surface area contributed by atoms with Gasteiger partial charge in [0, 0.05) is 4.47 Å². The van der Waals surface area contributed by atoms with E-state index in [2.05, 4.69) is 62.6 Å². The number of nitrogens with one attached hydrogen (secondary N) is 1. The topological polar surface area (TPSA) is 37.8 Å². The summed E-state index contributed by atoms with van der Waals surface area (Å²) >= 11 is 5.03. The van der Waals surface area contributed by atoms with Crippen LogP contribution in [0.15, 0.2) is 28.7 Å². The average molecular weight is 312 g/mol. The Morgan fingerprint density at radius 3 is 2.53 bits per heavy atom. The summed E-state index contributed by atoms with van der Waals surface area (Å²) in [6.45, 7) is 4.12. The molecule has 1 aromatic heterocycles. The Hall–Kier alpha value is -0.940. The highest BCUT2D eigenvalue weighted by molar-refractivity contribution is 9.10. The van der Waals surface area contributed by atoms with Crippen LogP contribution < -0.4 is 5.32 Å². The fourth-order valence-corrected chi connectivity index (χ4v) is 2.53. The maximum atomic E-state index is 4.09. The van der Waals surface area contributed by atoms with Gasteiger partial charge < -0.3 is 5.32 Å². The van der Waals surface area contributed by atoms with Crippen LogP contribution in [0.4, 0.5) is 5.13 Å². The van der Waals surface area contributed by atoms with Crippen LogP contribution in [0.5, 0.6) is 0 Å². The van der Waals surface area contributed by atoms with Crippen LogP contribution >= 0.6 is 27.3 Å². The Balaban J connectivity index is 2.13. The van der Waals surface area contributed by atoms with Gasteiger partial charge in [-0.3, -0.25) is 0 Å². The number of aromatic nitrogens is 2. The largest absolute Gasteiger partial charge is 0.353 e. The lowest BCUT2D eigenvalue weighted by Crippen LogP contribution is -2.09. The van der Waals surface area contributed by atoms with Crippen molar-refractivity contribution in [3.8, 4) is 0 Å². The summed E-state index contributed by atoms with van der Waals surface area (Å²) in [7, 11) is 0. The Morgan fingerprint density at radius 2 is 2.00 bits per heavy atom. The number of anilines is 1. The van der Waals surface area contributed by atoms with Crippen molar-refractivity contribution in [3.05, 3.63) is 39.3 Å². The number of hydrogen-bond donors (Lipinski definition) is 1. The molecular formula is C12H14BrN3S. The minimum atomic E-state index is 0.287. The molecule has 0 aliphatic heterocycles. The second-order valence-corrected chi connectivity index (χ2v) is 5.88. The van der Waals surface area contributed by atoms with Gasteiger partial charge in [-0.2, -0.15) is 0 Å². The molecule has 1 aromatic carbocycles. The minimum absolute atomic E-state index is 0.287. The summed E-state index contributed by atoms with van der Waals surface area (Å²) in [5, 5.41) is 13.4. The van der Waals surface area contributed by atoms with Gasteiger partial charge in [0.05, 0.1) is 6.04 Å². The van der Waals surface area contributed by atoms with E-state index in [1.165, 1.54) is 5.56 Å². The molecule has 90 valence electrons. The molecule has 0 saturated carbocycles. The molecule has 2 aromatic rings. The summed E-state index contributed by atoms with van der Waals surface area (Å²) in [5.74, 6) is 0. The monoisotopic (exact) mass is 311 g/mol. The zero-order valence-electron chi connectivity index (χ0n) is 9.77. The number of hydrogen-bond acceptors (Lipinski definition) is 4. The van der Waals surface area contributed by atoms with Crippen LogP contribution in [0.1, 0.15) is 30.0 Å². The summed E-state index contributed by atoms with van der Waals surface area (Å²) < 4.78 is 1.10. The first kappa shape index (κ1) is 12.5. The number of nitrogens with zero attached hydrogens (tertiary/aromatic N) is 2. The molecule has 1 atom stereocenters. The van der Waals surface area contributed by atoms with Crippen molar-refractivity contribution in [1.82, 2.24) is 10.2 Å². The smallest absolute Gasteiger partial charge is 0.206 e. The highest BCUT2D eigenvalue weighted by atomic mass is 79.9. The highest BCUT2D eigenvalue weighted by Crippen LogP contribution is 2.25. The van der Waals surface area contributed by atoms with Gasteiger partial charge in [-0.25, -0.2) is 0 Å². The maximum absolute atomic E-state index is 4.09. The third-order valence-electron chi connectivity index (χ3n) is 2.50. The molecule has 0 saturated heterocycles. The Morgan fingerprint density at radius 1 is 1.29 bits per heavy atom. The van der Waals surface area contributed by atoms with Crippen molar-refractivity contribution in [2.75, 3.05) is 5.32 Å². The number of benzene rings is 1. The van der Waals surface area contributed by atoms with E-state index in [9.17, 15) is 0 Å². The Bertz CT molecular complexity index is 481. The van der Waals surface area contributed by atoms with Crippen molar-refractivity contribution in [2.24, 2.45) is 0 Å². The zero-order chi connectivity index (χ0) is 12.3. The number of rotatable bonds is 4. The first-order valence-corrected chi connectivity index (χ1v) is 7.12. The molecule has 0 spiro atoms. The second-order valence-electron chi connectivity index (χ2n) is 3.78. The van der Waals surface area contributed by atoms with Crippen molar-refractivity contribution in [2.45, 2.75) is 26.3 Å². The highest BCUT2D eigenvalue weighted by Gasteiger charge is 2.11. The fraction of sp³-hybridized carbons (Fsp3) is 0.333. The van der Waals surface area contributed by atoms with E-state index in [0.29, 0.717) is 0 Å². The first-order valence-electron chi connectivity index (χ1n) is 5.51. The number of aryl methyl sites for hydroxylation is 1. The molecule has 0 bridgehead atoms. The summed E-state index contributed by atoms with van der Waals surface area (Å²) in [6, 6.07) is 8.66. The molecule has 1 unspecified atom stereocenters. The van der Waals surface area contributed by atoms with Crippen LogP contribution in [0.3, 0.4) is 0 Å². The first-order chi connectivity index (χ1) is 8.19. The molecule has 0 aliphatic rings. The molecule has 0 fully saturated rings. The van der Waals surface area contributed by atoms with E-state index in [1.807, 2.05) is 6.92 Å². The third-order valence-corrected chi connectivity index (χ3v) is 3.80. The van der Waals surface area contributed by atoms with Crippen LogP contribution in [0, 0.1) is 6.92 Å². The second kappa shape index (κ2) is 5.60. The summed E-state index contributed by atoms with van der Waals surface area (Å²) in [5.41, 5.74) is 1.27. The molecule has 2 rings (SSSR count). The molecule has 0 aliphatic carbocycles. The van der Waals surface area contributed by atoms with Gasteiger partial charge in [0.1, 0.15) is 5.01 Å². The van der Waals surface area contributed by atoms with Gasteiger partial charge in [0.15, 0.2) is 0 Å². The van der Waals surface area contributed by atoms with E-state index in [-0.39, 0.29) is 6.04 Å². The van der Waals surface area contributed by atoms with E-state index in [1.54, 1.807) is 11.3 Å². The molecule has 1 heterocycles. The molecule has 1 N–H and O–H groups in total. The fourth-order valence-electron chi connectivity index (χ4n) is 1.62. The van der Waals surface area contributed by atoms with Gasteiger partial charge in [0.2, 0.25) is 5.13 Å². The van der Waals surface area contributed by atoms with Gasteiger partial charge in [-0.15, -0.1) is 10.2 Å². The van der Waals surface area contributed by atoms with Gasteiger partial charge in [-0.05, 0) is 31.0 Å². The van der Waals surface area contributed by atoms with Gasteiger partial charge >= 0.3 is 0 Å². The maximum Gasteiger partial charge on any atom is 0.206 e. The third kappa shape index (κ3) is 3.26. The van der Waals surface area contributed by atoms with Crippen LogP contribution in [-0.4, -0.2) is 10.2 Å². The lowest BCUT2D eigenvalue weighted by Gasteiger charge is -2.16. The van der Waals surface area contributed by atoms with E-state index in [0.717, 1.165) is 21.0 Å².